The molecule has 0 aromatic heterocycles. The molecule has 0 heterocycles. The Morgan fingerprint density at radius 1 is 0.833 bits per heavy atom. The molecule has 0 aliphatic rings. The first kappa shape index (κ1) is 3.41. The van der Waals surface area contributed by atoms with E-state index in [-0.39, 0.29) is 0 Å². The fourth-order valence-electron chi connectivity index (χ4n) is 0.342. The predicted molar refractivity (Wildman–Crippen MR) is 25.3 cm³/mol. The quantitative estimate of drug-likeness (QED) is 0.441. The second kappa shape index (κ2) is 1.61. The first-order chi connectivity index (χ1) is 3.00. The molecule has 1 radical (unpaired) electrons. The van der Waals surface area contributed by atoms with E-state index in [4.69, 9.17) is 0 Å². The van der Waals surface area contributed by atoms with Crippen LogP contribution >= 0.6 is 0 Å². The zero-order chi connectivity index (χ0) is 4.24. The molecule has 6 heavy (non-hydrogen) atoms. The minimum Gasteiger partial charge on any atom is -0.0622 e. The fraction of sp³-hybridized carbons (Fsp3) is 0. The SMILES string of the molecule is c1cc[13c]cc1. The number of hydrogen-bond acceptors (Lipinski definition) is 0. The Kier molecular flexibility index (Phi) is 0.913. The normalized spacial score (nSPS) is 8.00. The highest BCUT2D eigenvalue weighted by Gasteiger charge is 1.58. The Labute approximate surface area is 37.4 Å². The molecule has 0 nitrogen and oxygen atoms in total. The topological polar surface area (TPSA) is 0 Å². The Morgan fingerprint density at radius 3 is 1.67 bits per heavy atom. The van der Waals surface area contributed by atoms with Crippen LogP contribution in [0.4, 0.5) is 0 Å². The third kappa shape index (κ3) is 0.582. The van der Waals surface area contributed by atoms with Crippen molar-refractivity contribution in [3.8, 4) is 0 Å². The van der Waals surface area contributed by atoms with Crippen LogP contribution in [0.25, 0.3) is 0 Å². The number of benzene rings is 1. The number of hydrogen-bond donors (Lipinski definition) is 0. The molecule has 0 fully saturated rings. The van der Waals surface area contributed by atoms with Crippen molar-refractivity contribution in [3.63, 3.8) is 0 Å². The van der Waals surface area contributed by atoms with E-state index in [2.05, 4.69) is 6.07 Å². The molecular formula is C6H5. The highest BCUT2D eigenvalue weighted by Crippen LogP contribution is 1.78. The minimum absolute atomic E-state index is 1.88. The van der Waals surface area contributed by atoms with Crippen LogP contribution in [0, 0.1) is 6.07 Å². The van der Waals surface area contributed by atoms with Gasteiger partial charge in [0.05, 0.1) is 0 Å². The summed E-state index contributed by atoms with van der Waals surface area (Å²) in [5.41, 5.74) is 0. The van der Waals surface area contributed by atoms with Crippen LogP contribution in [0.15, 0.2) is 30.3 Å². The van der Waals surface area contributed by atoms with Crippen LogP contribution in [0.1, 0.15) is 0 Å². The molecule has 0 N–H and O–H groups in total. The first-order valence-corrected chi connectivity index (χ1v) is 1.91. The van der Waals surface area contributed by atoms with E-state index in [0.29, 0.717) is 0 Å². The van der Waals surface area contributed by atoms with E-state index in [1.807, 2.05) is 30.3 Å². The van der Waals surface area contributed by atoms with Crippen molar-refractivity contribution in [1.82, 2.24) is 0 Å². The molecule has 1 aromatic carbocycles. The maximum absolute atomic E-state index is 2.89. The molecule has 1 rings (SSSR count). The number of rotatable bonds is 0. The maximum atomic E-state index is 2.89. The van der Waals surface area contributed by atoms with Crippen molar-refractivity contribution in [1.29, 1.82) is 0 Å². The molecule has 1 aromatic rings. The molecule has 0 bridgehead atoms. The maximum Gasteiger partial charge on any atom is -0.0184 e. The Bertz CT molecular complexity index is 72.0. The van der Waals surface area contributed by atoms with E-state index >= 15 is 0 Å². The van der Waals surface area contributed by atoms with Gasteiger partial charge in [-0.15, -0.1) is 0 Å². The largest absolute Gasteiger partial charge is 0.0622 e. The highest BCUT2D eigenvalue weighted by molar-refractivity contribution is 4.97. The van der Waals surface area contributed by atoms with Gasteiger partial charge in [0, 0.05) is 0 Å². The summed E-state index contributed by atoms with van der Waals surface area (Å²) in [6.07, 6.45) is 0. The first-order valence-electron chi connectivity index (χ1n) is 1.91. The second-order valence-electron chi connectivity index (χ2n) is 1.08. The summed E-state index contributed by atoms with van der Waals surface area (Å²) in [5, 5.41) is 0. The summed E-state index contributed by atoms with van der Waals surface area (Å²) < 4.78 is 0. The Hall–Kier alpha value is -0.780. The van der Waals surface area contributed by atoms with Gasteiger partial charge in [0.25, 0.3) is 0 Å². The molecule has 0 atom stereocenters. The van der Waals surface area contributed by atoms with Gasteiger partial charge >= 0.3 is 0 Å². The van der Waals surface area contributed by atoms with E-state index in [0.717, 1.165) is 0 Å². The summed E-state index contributed by atoms with van der Waals surface area (Å²) in [5.74, 6) is 0. The van der Waals surface area contributed by atoms with Crippen LogP contribution in [-0.4, -0.2) is 0 Å². The average Bonchev–Trinajstić information content (AvgIpc) is 1.72. The van der Waals surface area contributed by atoms with Crippen LogP contribution in [0.2, 0.25) is 0 Å². The lowest BCUT2D eigenvalue weighted by Crippen LogP contribution is -1.49. The second-order valence-corrected chi connectivity index (χ2v) is 1.08. The van der Waals surface area contributed by atoms with Crippen LogP contribution in [-0.2, 0) is 0 Å². The van der Waals surface area contributed by atoms with Gasteiger partial charge in [0.1, 0.15) is 0 Å². The van der Waals surface area contributed by atoms with Crippen molar-refractivity contribution in [3.05, 3.63) is 36.4 Å². The molecule has 0 unspecified atom stereocenters. The van der Waals surface area contributed by atoms with E-state index in [1.165, 1.54) is 0 Å². The van der Waals surface area contributed by atoms with Crippen molar-refractivity contribution in [2.24, 2.45) is 0 Å². The van der Waals surface area contributed by atoms with Crippen molar-refractivity contribution in [2.45, 2.75) is 0 Å². The molecule has 0 spiro atoms. The zero-order valence-electron chi connectivity index (χ0n) is 3.39. The molecule has 0 aliphatic heterocycles. The third-order valence-electron chi connectivity index (χ3n) is 0.607. The van der Waals surface area contributed by atoms with E-state index in [9.17, 15) is 0 Å². The lowest BCUT2D eigenvalue weighted by Gasteiger charge is -1.68. The van der Waals surface area contributed by atoms with Crippen molar-refractivity contribution in [2.75, 3.05) is 0 Å². The monoisotopic (exact) mass is 78.0 g/mol. The molecule has 0 saturated carbocycles. The van der Waals surface area contributed by atoms with Gasteiger partial charge in [-0.3, -0.25) is 0 Å². The zero-order valence-corrected chi connectivity index (χ0v) is 3.39. The Balaban J connectivity index is 3.00. The van der Waals surface area contributed by atoms with E-state index < -0.39 is 0 Å². The predicted octanol–water partition coefficient (Wildman–Crippen LogP) is 1.49. The van der Waals surface area contributed by atoms with E-state index in [1.54, 1.807) is 0 Å². The fourth-order valence-corrected chi connectivity index (χ4v) is 0.342. The molecule has 29 valence electrons. The van der Waals surface area contributed by atoms with Crippen LogP contribution < -0.4 is 0 Å². The summed E-state index contributed by atoms with van der Waals surface area (Å²) >= 11 is 0. The van der Waals surface area contributed by atoms with Gasteiger partial charge < -0.3 is 0 Å². The van der Waals surface area contributed by atoms with Crippen LogP contribution in [0.3, 0.4) is 0 Å². The highest BCUT2D eigenvalue weighted by atomic mass is 14.0. The molecule has 0 heteroatoms. The molecule has 0 saturated heterocycles. The summed E-state index contributed by atoms with van der Waals surface area (Å²) in [6.45, 7) is 0. The standard InChI is InChI=1S/C6H5/c1-2-4-6-5-3-1/h1-5H/i6+1. The lowest BCUT2D eigenvalue weighted by molar-refractivity contribution is 1.70. The van der Waals surface area contributed by atoms with Gasteiger partial charge in [-0.1, -0.05) is 30.3 Å². The third-order valence-corrected chi connectivity index (χ3v) is 0.607. The van der Waals surface area contributed by atoms with Crippen molar-refractivity contribution < 1.29 is 0 Å². The van der Waals surface area contributed by atoms with Gasteiger partial charge in [-0.05, 0) is 6.07 Å². The molecule has 0 amide bonds. The van der Waals surface area contributed by atoms with Gasteiger partial charge in [0.15, 0.2) is 0 Å². The smallest absolute Gasteiger partial charge is 0.0184 e. The van der Waals surface area contributed by atoms with Gasteiger partial charge in [0.2, 0.25) is 0 Å². The van der Waals surface area contributed by atoms with Crippen molar-refractivity contribution >= 4 is 0 Å². The summed E-state index contributed by atoms with van der Waals surface area (Å²) in [6, 6.07) is 12.5. The minimum atomic E-state index is 1.88. The van der Waals surface area contributed by atoms with Gasteiger partial charge in [-0.25, -0.2) is 0 Å². The summed E-state index contributed by atoms with van der Waals surface area (Å²) in [7, 11) is 0. The molecule has 0 aliphatic carbocycles. The van der Waals surface area contributed by atoms with Gasteiger partial charge in [-0.2, -0.15) is 0 Å². The Morgan fingerprint density at radius 2 is 1.50 bits per heavy atom. The molecular weight excluding hydrogens is 73.1 g/mol. The summed E-state index contributed by atoms with van der Waals surface area (Å²) in [4.78, 5) is 0. The van der Waals surface area contributed by atoms with Crippen LogP contribution in [0.5, 0.6) is 0 Å². The average molecular weight is 78.1 g/mol. The lowest BCUT2D eigenvalue weighted by atomic mass is 10.5.